The van der Waals surface area contributed by atoms with Gasteiger partial charge in [0.1, 0.15) is 5.75 Å². The van der Waals surface area contributed by atoms with Crippen LogP contribution in [0.4, 0.5) is 0 Å². The summed E-state index contributed by atoms with van der Waals surface area (Å²) in [5.41, 5.74) is 4.14. The predicted octanol–water partition coefficient (Wildman–Crippen LogP) is 3.26. The van der Waals surface area contributed by atoms with E-state index in [0.717, 1.165) is 37.5 Å². The highest BCUT2D eigenvalue weighted by Gasteiger charge is 2.42. The van der Waals surface area contributed by atoms with Crippen LogP contribution >= 0.6 is 0 Å². The van der Waals surface area contributed by atoms with Gasteiger partial charge in [0.15, 0.2) is 0 Å². The lowest BCUT2D eigenvalue weighted by Crippen LogP contribution is -2.48. The van der Waals surface area contributed by atoms with Gasteiger partial charge in [-0.1, -0.05) is 0 Å². The Balaban J connectivity index is 1.52. The standard InChI is InChI=1S/C20H26N2O2/c1-24-15-4-5-18-17(10-15)16-6-7-22-11-12-2-3-14(23)8-13(12)9-19(22)20(16)21-18/h4-5,10,12-14,19,21,23H,2-3,6-9,11H2,1H3/t12-,13-,14-,19-/m0/s1. The van der Waals surface area contributed by atoms with E-state index in [9.17, 15) is 5.11 Å². The topological polar surface area (TPSA) is 48.5 Å². The summed E-state index contributed by atoms with van der Waals surface area (Å²) in [6.45, 7) is 2.37. The Morgan fingerprint density at radius 3 is 3.00 bits per heavy atom. The molecule has 0 radical (unpaired) electrons. The first-order valence-electron chi connectivity index (χ1n) is 9.33. The van der Waals surface area contributed by atoms with E-state index >= 15 is 0 Å². The Bertz CT molecular complexity index is 768. The summed E-state index contributed by atoms with van der Waals surface area (Å²) in [7, 11) is 1.73. The second kappa shape index (κ2) is 5.50. The zero-order chi connectivity index (χ0) is 16.3. The lowest BCUT2D eigenvalue weighted by atomic mass is 9.70. The van der Waals surface area contributed by atoms with Crippen molar-refractivity contribution in [1.29, 1.82) is 0 Å². The Morgan fingerprint density at radius 2 is 2.12 bits per heavy atom. The molecule has 2 aliphatic heterocycles. The third-order valence-electron chi connectivity index (χ3n) is 6.68. The van der Waals surface area contributed by atoms with E-state index < -0.39 is 0 Å². The quantitative estimate of drug-likeness (QED) is 0.846. The summed E-state index contributed by atoms with van der Waals surface area (Å²) >= 11 is 0. The molecule has 3 aliphatic rings. The molecule has 4 atom stereocenters. The highest BCUT2D eigenvalue weighted by atomic mass is 16.5. The Kier molecular flexibility index (Phi) is 3.39. The molecule has 1 aliphatic carbocycles. The molecule has 3 heterocycles. The van der Waals surface area contributed by atoms with Crippen molar-refractivity contribution >= 4 is 10.9 Å². The predicted molar refractivity (Wildman–Crippen MR) is 94.3 cm³/mol. The van der Waals surface area contributed by atoms with Gasteiger partial charge < -0.3 is 14.8 Å². The molecule has 0 spiro atoms. The number of aromatic amines is 1. The van der Waals surface area contributed by atoms with Crippen LogP contribution in [0.25, 0.3) is 10.9 Å². The molecule has 24 heavy (non-hydrogen) atoms. The summed E-state index contributed by atoms with van der Waals surface area (Å²) in [5, 5.41) is 11.4. The SMILES string of the molecule is COc1ccc2[nH]c3c(c2c1)CCN1C[C@@H]2CC[C@H](O)C[C@H]2C[C@@H]31. The number of piperidine rings is 1. The molecule has 1 aromatic heterocycles. The largest absolute Gasteiger partial charge is 0.497 e. The normalized spacial score (nSPS) is 32.9. The molecule has 2 aromatic rings. The van der Waals surface area contributed by atoms with Gasteiger partial charge in [-0.2, -0.15) is 0 Å². The first-order chi connectivity index (χ1) is 11.7. The van der Waals surface area contributed by atoms with Crippen LogP contribution in [0.3, 0.4) is 0 Å². The molecule has 1 saturated heterocycles. The third-order valence-corrected chi connectivity index (χ3v) is 6.68. The van der Waals surface area contributed by atoms with Crippen molar-refractivity contribution in [2.24, 2.45) is 11.8 Å². The number of fused-ring (bicyclic) bond motifs is 6. The lowest BCUT2D eigenvalue weighted by Gasteiger charge is -2.48. The van der Waals surface area contributed by atoms with Crippen molar-refractivity contribution in [3.05, 3.63) is 29.5 Å². The van der Waals surface area contributed by atoms with Gasteiger partial charge >= 0.3 is 0 Å². The van der Waals surface area contributed by atoms with Gasteiger partial charge in [-0.25, -0.2) is 0 Å². The van der Waals surface area contributed by atoms with Crippen LogP contribution < -0.4 is 4.74 Å². The number of aliphatic hydroxyl groups excluding tert-OH is 1. The maximum Gasteiger partial charge on any atom is 0.119 e. The summed E-state index contributed by atoms with van der Waals surface area (Å²) in [4.78, 5) is 6.40. The minimum absolute atomic E-state index is 0.0761. The molecule has 5 rings (SSSR count). The van der Waals surface area contributed by atoms with Gasteiger partial charge in [0.2, 0.25) is 0 Å². The highest BCUT2D eigenvalue weighted by Crippen LogP contribution is 2.47. The van der Waals surface area contributed by atoms with Crippen LogP contribution in [0.2, 0.25) is 0 Å². The van der Waals surface area contributed by atoms with E-state index in [1.807, 2.05) is 6.07 Å². The summed E-state index contributed by atoms with van der Waals surface area (Å²) in [6.07, 6.45) is 5.44. The minimum Gasteiger partial charge on any atom is -0.497 e. The van der Waals surface area contributed by atoms with E-state index in [1.165, 1.54) is 41.5 Å². The van der Waals surface area contributed by atoms with Crippen LogP contribution in [0.1, 0.15) is 43.0 Å². The molecule has 0 amide bonds. The Labute approximate surface area is 142 Å². The maximum absolute atomic E-state index is 10.1. The average Bonchev–Trinajstić information content (AvgIpc) is 2.98. The maximum atomic E-state index is 10.1. The van der Waals surface area contributed by atoms with Crippen molar-refractivity contribution in [3.8, 4) is 5.75 Å². The molecule has 1 saturated carbocycles. The zero-order valence-corrected chi connectivity index (χ0v) is 14.3. The first-order valence-corrected chi connectivity index (χ1v) is 9.33. The number of benzene rings is 1. The first kappa shape index (κ1) is 14.8. The van der Waals surface area contributed by atoms with E-state index in [4.69, 9.17) is 4.74 Å². The van der Waals surface area contributed by atoms with E-state index in [-0.39, 0.29) is 6.10 Å². The van der Waals surface area contributed by atoms with Gasteiger partial charge in [-0.15, -0.1) is 0 Å². The molecule has 2 N–H and O–H groups in total. The van der Waals surface area contributed by atoms with Crippen molar-refractivity contribution in [1.82, 2.24) is 9.88 Å². The van der Waals surface area contributed by atoms with E-state index in [0.29, 0.717) is 12.0 Å². The average molecular weight is 326 g/mol. The fourth-order valence-electron chi connectivity index (χ4n) is 5.43. The highest BCUT2D eigenvalue weighted by molar-refractivity contribution is 5.86. The smallest absolute Gasteiger partial charge is 0.119 e. The molecular weight excluding hydrogens is 300 g/mol. The molecule has 0 unspecified atom stereocenters. The zero-order valence-electron chi connectivity index (χ0n) is 14.3. The number of H-pyrrole nitrogens is 1. The molecule has 0 bridgehead atoms. The van der Waals surface area contributed by atoms with Crippen LogP contribution in [-0.4, -0.2) is 41.3 Å². The van der Waals surface area contributed by atoms with Crippen LogP contribution in [0.15, 0.2) is 18.2 Å². The lowest BCUT2D eigenvalue weighted by molar-refractivity contribution is -0.0107. The van der Waals surface area contributed by atoms with E-state index in [2.05, 4.69) is 22.0 Å². The summed E-state index contributed by atoms with van der Waals surface area (Å²) in [5.74, 6) is 2.41. The number of nitrogens with zero attached hydrogens (tertiary/aromatic N) is 1. The fraction of sp³-hybridized carbons (Fsp3) is 0.600. The molecule has 2 fully saturated rings. The Morgan fingerprint density at radius 1 is 1.21 bits per heavy atom. The van der Waals surface area contributed by atoms with Gasteiger partial charge in [0.25, 0.3) is 0 Å². The number of hydrogen-bond donors (Lipinski definition) is 2. The van der Waals surface area contributed by atoms with Gasteiger partial charge in [0.05, 0.1) is 19.3 Å². The minimum atomic E-state index is -0.0761. The summed E-state index contributed by atoms with van der Waals surface area (Å²) in [6, 6.07) is 6.86. The second-order valence-electron chi connectivity index (χ2n) is 7.91. The van der Waals surface area contributed by atoms with Crippen molar-refractivity contribution < 1.29 is 9.84 Å². The number of ether oxygens (including phenoxy) is 1. The number of nitrogens with one attached hydrogen (secondary N) is 1. The van der Waals surface area contributed by atoms with Crippen LogP contribution in [0, 0.1) is 11.8 Å². The van der Waals surface area contributed by atoms with Gasteiger partial charge in [-0.3, -0.25) is 4.90 Å². The third kappa shape index (κ3) is 2.20. The number of hydrogen-bond acceptors (Lipinski definition) is 3. The molecular formula is C20H26N2O2. The van der Waals surface area contributed by atoms with Crippen LogP contribution in [0.5, 0.6) is 5.75 Å². The number of aromatic nitrogens is 1. The van der Waals surface area contributed by atoms with Gasteiger partial charge in [0, 0.05) is 29.7 Å². The van der Waals surface area contributed by atoms with Crippen molar-refractivity contribution in [2.45, 2.75) is 44.2 Å². The molecule has 128 valence electrons. The second-order valence-corrected chi connectivity index (χ2v) is 7.91. The van der Waals surface area contributed by atoms with Crippen molar-refractivity contribution in [2.75, 3.05) is 20.2 Å². The Hall–Kier alpha value is -1.52. The molecule has 1 aromatic carbocycles. The molecule has 4 nitrogen and oxygen atoms in total. The van der Waals surface area contributed by atoms with Crippen LogP contribution in [-0.2, 0) is 6.42 Å². The number of aliphatic hydroxyl groups is 1. The number of rotatable bonds is 1. The van der Waals surface area contributed by atoms with Gasteiger partial charge in [-0.05, 0) is 67.7 Å². The van der Waals surface area contributed by atoms with E-state index in [1.54, 1.807) is 7.11 Å². The molecule has 4 heteroatoms. The number of methoxy groups -OCH3 is 1. The monoisotopic (exact) mass is 326 g/mol. The summed E-state index contributed by atoms with van der Waals surface area (Å²) < 4.78 is 5.42. The fourth-order valence-corrected chi connectivity index (χ4v) is 5.43. The van der Waals surface area contributed by atoms with Crippen molar-refractivity contribution in [3.63, 3.8) is 0 Å².